The maximum Gasteiger partial charge on any atom is 0.311 e. The second-order valence-corrected chi connectivity index (χ2v) is 8.09. The molecule has 0 atom stereocenters. The van der Waals surface area contributed by atoms with Gasteiger partial charge in [-0.3, -0.25) is 9.59 Å². The molecule has 1 fully saturated rings. The molecule has 9 heteroatoms. The van der Waals surface area contributed by atoms with Gasteiger partial charge in [0.05, 0.1) is 12.5 Å². The predicted octanol–water partition coefficient (Wildman–Crippen LogP) is 0.976. The lowest BCUT2D eigenvalue weighted by molar-refractivity contribution is -0.143. The summed E-state index contributed by atoms with van der Waals surface area (Å²) >= 11 is 0. The van der Waals surface area contributed by atoms with Crippen LogP contribution in [-0.4, -0.2) is 45.1 Å². The zero-order chi connectivity index (χ0) is 18.8. The van der Waals surface area contributed by atoms with Crippen molar-refractivity contribution in [1.82, 2.24) is 10.0 Å². The lowest BCUT2D eigenvalue weighted by Gasteiger charge is -2.15. The summed E-state index contributed by atoms with van der Waals surface area (Å²) in [5, 5.41) is 11.7. The van der Waals surface area contributed by atoms with Gasteiger partial charge in [0, 0.05) is 18.2 Å². The molecule has 1 saturated carbocycles. The van der Waals surface area contributed by atoms with Crippen LogP contribution in [-0.2, 0) is 14.8 Å². The van der Waals surface area contributed by atoms with Gasteiger partial charge in [0.2, 0.25) is 10.0 Å². The molecule has 138 valence electrons. The summed E-state index contributed by atoms with van der Waals surface area (Å²) in [4.78, 5) is 23.3. The summed E-state index contributed by atoms with van der Waals surface area (Å²) in [6.45, 7) is 3.38. The molecule has 0 spiro atoms. The minimum absolute atomic E-state index is 0.0134. The van der Waals surface area contributed by atoms with Gasteiger partial charge in [0.25, 0.3) is 5.91 Å². The Bertz CT molecular complexity index is 784. The van der Waals surface area contributed by atoms with Gasteiger partial charge < -0.3 is 15.2 Å². The summed E-state index contributed by atoms with van der Waals surface area (Å²) in [6, 6.07) is 3.73. The van der Waals surface area contributed by atoms with Crippen LogP contribution in [0.5, 0.6) is 5.75 Å². The first-order valence-electron chi connectivity index (χ1n) is 7.83. The molecule has 1 aromatic carbocycles. The van der Waals surface area contributed by atoms with E-state index in [1.807, 2.05) is 0 Å². The van der Waals surface area contributed by atoms with Crippen LogP contribution in [0.15, 0.2) is 23.1 Å². The fraction of sp³-hybridized carbons (Fsp3) is 0.500. The highest BCUT2D eigenvalue weighted by Gasteiger charge is 2.50. The van der Waals surface area contributed by atoms with Crippen LogP contribution in [0.1, 0.15) is 37.0 Å². The first kappa shape index (κ1) is 19.2. The van der Waals surface area contributed by atoms with E-state index >= 15 is 0 Å². The van der Waals surface area contributed by atoms with Crippen molar-refractivity contribution in [2.45, 2.75) is 37.6 Å². The number of hydrogen-bond donors (Lipinski definition) is 3. The molecule has 0 saturated heterocycles. The SMILES string of the molecule is COc1ccc(C(=O)NCC2(C(=O)O)CC2)cc1S(=O)(=O)NC(C)C. The number of benzene rings is 1. The van der Waals surface area contributed by atoms with E-state index in [-0.39, 0.29) is 28.8 Å². The van der Waals surface area contributed by atoms with Crippen molar-refractivity contribution in [3.05, 3.63) is 23.8 Å². The minimum atomic E-state index is -3.85. The van der Waals surface area contributed by atoms with Crippen molar-refractivity contribution in [1.29, 1.82) is 0 Å². The number of carboxylic acid groups (broad SMARTS) is 1. The standard InChI is InChI=1S/C16H22N2O6S/c1-10(2)18-25(22,23)13-8-11(4-5-12(13)24-3)14(19)17-9-16(6-7-16)15(20)21/h4-5,8,10,18H,6-7,9H2,1-3H3,(H,17,19)(H,20,21). The van der Waals surface area contributed by atoms with Crippen LogP contribution in [0.25, 0.3) is 0 Å². The summed E-state index contributed by atoms with van der Waals surface area (Å²) in [5.41, 5.74) is -0.776. The number of carbonyl (C=O) groups excluding carboxylic acids is 1. The molecule has 0 aromatic heterocycles. The van der Waals surface area contributed by atoms with Gasteiger partial charge in [-0.1, -0.05) is 0 Å². The number of sulfonamides is 1. The Labute approximate surface area is 146 Å². The van der Waals surface area contributed by atoms with E-state index in [9.17, 15) is 18.0 Å². The molecule has 1 aromatic rings. The first-order valence-corrected chi connectivity index (χ1v) is 9.31. The third-order valence-corrected chi connectivity index (χ3v) is 5.68. The number of methoxy groups -OCH3 is 1. The van der Waals surface area contributed by atoms with Gasteiger partial charge in [-0.2, -0.15) is 0 Å². The molecule has 0 radical (unpaired) electrons. The molecule has 1 aliphatic carbocycles. The van der Waals surface area contributed by atoms with Gasteiger partial charge in [0.15, 0.2) is 0 Å². The molecule has 8 nitrogen and oxygen atoms in total. The number of ether oxygens (including phenoxy) is 1. The molecule has 0 unspecified atom stereocenters. The van der Waals surface area contributed by atoms with Crippen LogP contribution in [0.4, 0.5) is 0 Å². The van der Waals surface area contributed by atoms with Crippen molar-refractivity contribution < 1.29 is 27.9 Å². The second-order valence-electron chi connectivity index (χ2n) is 6.41. The van der Waals surface area contributed by atoms with Crippen LogP contribution in [0.3, 0.4) is 0 Å². The minimum Gasteiger partial charge on any atom is -0.495 e. The Kier molecular flexibility index (Phi) is 5.38. The Morgan fingerprint density at radius 3 is 2.44 bits per heavy atom. The highest BCUT2D eigenvalue weighted by atomic mass is 32.2. The van der Waals surface area contributed by atoms with E-state index in [4.69, 9.17) is 9.84 Å². The highest BCUT2D eigenvalue weighted by Crippen LogP contribution is 2.45. The number of aliphatic carboxylic acids is 1. The molecule has 1 aliphatic rings. The van der Waals surface area contributed by atoms with E-state index in [0.717, 1.165) is 0 Å². The average Bonchev–Trinajstić information content (AvgIpc) is 3.32. The second kappa shape index (κ2) is 7.01. The lowest BCUT2D eigenvalue weighted by atomic mass is 10.1. The fourth-order valence-electron chi connectivity index (χ4n) is 2.37. The molecular formula is C16H22N2O6S. The maximum absolute atomic E-state index is 12.4. The fourth-order valence-corrected chi connectivity index (χ4v) is 3.82. The topological polar surface area (TPSA) is 122 Å². The van der Waals surface area contributed by atoms with Gasteiger partial charge in [0.1, 0.15) is 10.6 Å². The van der Waals surface area contributed by atoms with Gasteiger partial charge in [-0.15, -0.1) is 0 Å². The van der Waals surface area contributed by atoms with Crippen molar-refractivity contribution in [3.63, 3.8) is 0 Å². The number of carbonyl (C=O) groups is 2. The lowest BCUT2D eigenvalue weighted by Crippen LogP contribution is -2.34. The molecule has 0 bridgehead atoms. The van der Waals surface area contributed by atoms with Crippen molar-refractivity contribution in [3.8, 4) is 5.75 Å². The number of hydrogen-bond acceptors (Lipinski definition) is 5. The number of rotatable bonds is 8. The van der Waals surface area contributed by atoms with Crippen molar-refractivity contribution >= 4 is 21.9 Å². The highest BCUT2D eigenvalue weighted by molar-refractivity contribution is 7.89. The number of amides is 1. The maximum atomic E-state index is 12.4. The Morgan fingerprint density at radius 2 is 1.96 bits per heavy atom. The molecule has 0 heterocycles. The summed E-state index contributed by atoms with van der Waals surface area (Å²) in [5.74, 6) is -1.35. The zero-order valence-corrected chi connectivity index (χ0v) is 15.1. The Morgan fingerprint density at radius 1 is 1.32 bits per heavy atom. The summed E-state index contributed by atoms with van der Waals surface area (Å²) in [7, 11) is -2.51. The van der Waals surface area contributed by atoms with Crippen LogP contribution < -0.4 is 14.8 Å². The summed E-state index contributed by atoms with van der Waals surface area (Å²) in [6.07, 6.45) is 1.03. The largest absolute Gasteiger partial charge is 0.495 e. The molecule has 25 heavy (non-hydrogen) atoms. The van der Waals surface area contributed by atoms with Gasteiger partial charge >= 0.3 is 5.97 Å². The third-order valence-electron chi connectivity index (χ3n) is 4.00. The summed E-state index contributed by atoms with van der Waals surface area (Å²) < 4.78 is 32.3. The number of carboxylic acids is 1. The third kappa shape index (κ3) is 4.29. The Balaban J connectivity index is 2.23. The van der Waals surface area contributed by atoms with Crippen molar-refractivity contribution in [2.24, 2.45) is 5.41 Å². The van der Waals surface area contributed by atoms with Gasteiger partial charge in [-0.25, -0.2) is 13.1 Å². The number of nitrogens with one attached hydrogen (secondary N) is 2. The van der Waals surface area contributed by atoms with E-state index in [2.05, 4.69) is 10.0 Å². The van der Waals surface area contributed by atoms with Crippen LogP contribution >= 0.6 is 0 Å². The van der Waals surface area contributed by atoms with E-state index < -0.39 is 27.3 Å². The average molecular weight is 370 g/mol. The van der Waals surface area contributed by atoms with Crippen LogP contribution in [0.2, 0.25) is 0 Å². The molecule has 3 N–H and O–H groups in total. The molecule has 2 rings (SSSR count). The van der Waals surface area contributed by atoms with E-state index in [1.54, 1.807) is 13.8 Å². The first-order chi connectivity index (χ1) is 11.6. The molecule has 1 amide bonds. The van der Waals surface area contributed by atoms with Gasteiger partial charge in [-0.05, 0) is 44.9 Å². The monoisotopic (exact) mass is 370 g/mol. The molecular weight excluding hydrogens is 348 g/mol. The predicted molar refractivity (Wildman–Crippen MR) is 90.1 cm³/mol. The normalized spacial score (nSPS) is 15.7. The van der Waals surface area contributed by atoms with Crippen LogP contribution in [0, 0.1) is 5.41 Å². The van der Waals surface area contributed by atoms with E-state index in [1.165, 1.54) is 25.3 Å². The quantitative estimate of drug-likeness (QED) is 0.627. The zero-order valence-electron chi connectivity index (χ0n) is 14.3. The molecule has 0 aliphatic heterocycles. The smallest absolute Gasteiger partial charge is 0.311 e. The Hall–Kier alpha value is -2.13. The van der Waals surface area contributed by atoms with Crippen molar-refractivity contribution in [2.75, 3.05) is 13.7 Å². The van der Waals surface area contributed by atoms with E-state index in [0.29, 0.717) is 12.8 Å².